The molecule has 0 saturated carbocycles. The van der Waals surface area contributed by atoms with Crippen molar-refractivity contribution >= 4 is 41.1 Å². The van der Waals surface area contributed by atoms with Gasteiger partial charge in [0.15, 0.2) is 0 Å². The van der Waals surface area contributed by atoms with Crippen LogP contribution in [0.25, 0.3) is 0 Å². The van der Waals surface area contributed by atoms with Crippen LogP contribution in [0.4, 0.5) is 5.82 Å². The molecule has 0 spiro atoms. The topological polar surface area (TPSA) is 82.0 Å². The second kappa shape index (κ2) is 7.63. The number of fused-ring (bicyclic) bond motifs is 1. The molecule has 2 aromatic rings. The van der Waals surface area contributed by atoms with Crippen LogP contribution in [0.1, 0.15) is 21.6 Å². The minimum absolute atomic E-state index is 0.171. The molecule has 2 N–H and O–H groups in total. The number of benzene rings is 1. The fraction of sp³-hybridized carbons (Fsp3) is 0.176. The molecule has 1 amide bonds. The predicted octanol–water partition coefficient (Wildman–Crippen LogP) is 3.56. The first-order valence-electron chi connectivity index (χ1n) is 7.60. The highest BCUT2D eigenvalue weighted by atomic mass is 35.5. The Bertz CT molecular complexity index is 853. The Balaban J connectivity index is 1.83. The van der Waals surface area contributed by atoms with E-state index in [0.29, 0.717) is 35.9 Å². The van der Waals surface area contributed by atoms with Gasteiger partial charge in [0.05, 0.1) is 27.8 Å². The maximum Gasteiger partial charge on any atom is 0.255 e. The number of nitrogens with zero attached hydrogens (tertiary/aromatic N) is 3. The number of hydrogen-bond donors (Lipinski definition) is 2. The largest absolute Gasteiger partial charge is 0.346 e. The van der Waals surface area contributed by atoms with E-state index >= 15 is 0 Å². The third kappa shape index (κ3) is 3.65. The van der Waals surface area contributed by atoms with Crippen LogP contribution in [0.3, 0.4) is 0 Å². The van der Waals surface area contributed by atoms with Gasteiger partial charge in [-0.3, -0.25) is 4.79 Å². The molecule has 3 rings (SSSR count). The summed E-state index contributed by atoms with van der Waals surface area (Å²) in [6, 6.07) is 5.03. The maximum atomic E-state index is 12.8. The molecule has 6 nitrogen and oxygen atoms in total. The van der Waals surface area contributed by atoms with Gasteiger partial charge in [0, 0.05) is 24.5 Å². The normalized spacial score (nSPS) is 13.6. The molecule has 1 aliphatic rings. The summed E-state index contributed by atoms with van der Waals surface area (Å²) in [6.45, 7) is 0.910. The van der Waals surface area contributed by atoms with Crippen molar-refractivity contribution in [3.63, 3.8) is 0 Å². The molecule has 2 heterocycles. The van der Waals surface area contributed by atoms with Gasteiger partial charge in [-0.05, 0) is 24.6 Å². The summed E-state index contributed by atoms with van der Waals surface area (Å²) in [6.07, 6.45) is 6.46. The van der Waals surface area contributed by atoms with E-state index in [9.17, 15) is 4.79 Å². The number of amides is 1. The van der Waals surface area contributed by atoms with Crippen molar-refractivity contribution in [1.82, 2.24) is 14.9 Å². The zero-order valence-corrected chi connectivity index (χ0v) is 14.7. The maximum absolute atomic E-state index is 12.8. The predicted molar refractivity (Wildman–Crippen MR) is 98.5 cm³/mol. The smallest absolute Gasteiger partial charge is 0.255 e. The van der Waals surface area contributed by atoms with Crippen LogP contribution in [-0.4, -0.2) is 33.5 Å². The number of allylic oxidation sites excluding steroid dienone is 1. The molecular formula is C17H15Cl2N5O. The monoisotopic (exact) mass is 375 g/mol. The first kappa shape index (κ1) is 17.4. The quantitative estimate of drug-likeness (QED) is 0.800. The van der Waals surface area contributed by atoms with Gasteiger partial charge in [0.25, 0.3) is 5.91 Å². The highest BCUT2D eigenvalue weighted by molar-refractivity contribution is 6.43. The van der Waals surface area contributed by atoms with Crippen LogP contribution in [0.5, 0.6) is 0 Å². The van der Waals surface area contributed by atoms with Crippen molar-refractivity contribution in [2.45, 2.75) is 13.0 Å². The molecule has 0 atom stereocenters. The average molecular weight is 376 g/mol. The summed E-state index contributed by atoms with van der Waals surface area (Å²) in [5, 5.41) is 10.7. The Hall–Kier alpha value is -2.44. The summed E-state index contributed by atoms with van der Waals surface area (Å²) in [5.74, 6) is 0.519. The van der Waals surface area contributed by atoms with Crippen LogP contribution < -0.4 is 5.32 Å². The Kier molecular flexibility index (Phi) is 5.31. The van der Waals surface area contributed by atoms with Crippen molar-refractivity contribution in [3.05, 3.63) is 63.7 Å². The van der Waals surface area contributed by atoms with Crippen LogP contribution in [0, 0.1) is 5.41 Å². The van der Waals surface area contributed by atoms with E-state index in [1.54, 1.807) is 35.4 Å². The molecule has 0 radical (unpaired) electrons. The lowest BCUT2D eigenvalue weighted by Crippen LogP contribution is -2.37. The third-order valence-corrected chi connectivity index (χ3v) is 4.71. The molecule has 25 heavy (non-hydrogen) atoms. The Labute approximate surface area is 155 Å². The number of aromatic nitrogens is 2. The van der Waals surface area contributed by atoms with Gasteiger partial charge in [-0.2, -0.15) is 0 Å². The number of hydrogen-bond acceptors (Lipinski definition) is 5. The van der Waals surface area contributed by atoms with Crippen molar-refractivity contribution in [3.8, 4) is 0 Å². The van der Waals surface area contributed by atoms with E-state index < -0.39 is 0 Å². The van der Waals surface area contributed by atoms with Gasteiger partial charge in [-0.1, -0.05) is 29.3 Å². The summed E-state index contributed by atoms with van der Waals surface area (Å²) >= 11 is 12.2. The number of halogens is 2. The SMILES string of the molecule is N=C/C=C\Nc1ncnc2c1CCN(C(=O)c1cccc(Cl)c1Cl)C2. The molecule has 128 valence electrons. The van der Waals surface area contributed by atoms with Gasteiger partial charge in [-0.15, -0.1) is 0 Å². The first-order chi connectivity index (χ1) is 12.1. The number of anilines is 1. The van der Waals surface area contributed by atoms with Crippen molar-refractivity contribution < 1.29 is 4.79 Å². The van der Waals surface area contributed by atoms with Gasteiger partial charge in [0.1, 0.15) is 12.1 Å². The molecule has 0 bridgehead atoms. The molecule has 0 fully saturated rings. The standard InChI is InChI=1S/C17H15Cl2N5O/c18-13-4-1-3-12(15(13)19)17(25)24-8-5-11-14(9-24)22-10-23-16(11)21-7-2-6-20/h1-4,6-7,10,20H,5,8-9H2,(H,21,22,23)/b7-2-,20-6?. The Morgan fingerprint density at radius 1 is 1.32 bits per heavy atom. The molecule has 0 aliphatic carbocycles. The highest BCUT2D eigenvalue weighted by Gasteiger charge is 2.26. The number of carbonyl (C=O) groups is 1. The van der Waals surface area contributed by atoms with E-state index in [1.807, 2.05) is 0 Å². The first-order valence-corrected chi connectivity index (χ1v) is 8.35. The summed E-state index contributed by atoms with van der Waals surface area (Å²) in [7, 11) is 0. The fourth-order valence-electron chi connectivity index (χ4n) is 2.67. The van der Waals surface area contributed by atoms with Crippen LogP contribution >= 0.6 is 23.2 Å². The Morgan fingerprint density at radius 2 is 2.16 bits per heavy atom. The second-order valence-electron chi connectivity index (χ2n) is 5.40. The minimum atomic E-state index is -0.171. The lowest BCUT2D eigenvalue weighted by Gasteiger charge is -2.29. The molecule has 0 saturated heterocycles. The fourth-order valence-corrected chi connectivity index (χ4v) is 3.05. The van der Waals surface area contributed by atoms with E-state index in [2.05, 4.69) is 15.3 Å². The lowest BCUT2D eigenvalue weighted by atomic mass is 10.0. The van der Waals surface area contributed by atoms with Gasteiger partial charge in [-0.25, -0.2) is 9.97 Å². The molecule has 0 unspecified atom stereocenters. The van der Waals surface area contributed by atoms with Gasteiger partial charge < -0.3 is 15.6 Å². The molecule has 1 aromatic heterocycles. The van der Waals surface area contributed by atoms with Gasteiger partial charge >= 0.3 is 0 Å². The van der Waals surface area contributed by atoms with E-state index in [-0.39, 0.29) is 10.9 Å². The van der Waals surface area contributed by atoms with Gasteiger partial charge in [0.2, 0.25) is 0 Å². The van der Waals surface area contributed by atoms with Crippen LogP contribution in [-0.2, 0) is 13.0 Å². The van der Waals surface area contributed by atoms with Crippen molar-refractivity contribution in [1.29, 1.82) is 5.41 Å². The van der Waals surface area contributed by atoms with Crippen molar-refractivity contribution in [2.24, 2.45) is 0 Å². The lowest BCUT2D eigenvalue weighted by molar-refractivity contribution is 0.0732. The number of rotatable bonds is 4. The van der Waals surface area contributed by atoms with E-state index in [1.165, 1.54) is 12.5 Å². The van der Waals surface area contributed by atoms with Crippen molar-refractivity contribution in [2.75, 3.05) is 11.9 Å². The molecule has 8 heteroatoms. The summed E-state index contributed by atoms with van der Waals surface area (Å²) in [5.41, 5.74) is 2.15. The molecule has 1 aromatic carbocycles. The zero-order valence-electron chi connectivity index (χ0n) is 13.2. The minimum Gasteiger partial charge on any atom is -0.346 e. The summed E-state index contributed by atoms with van der Waals surface area (Å²) in [4.78, 5) is 23.0. The Morgan fingerprint density at radius 3 is 2.96 bits per heavy atom. The van der Waals surface area contributed by atoms with E-state index in [0.717, 1.165) is 11.3 Å². The third-order valence-electron chi connectivity index (χ3n) is 3.89. The summed E-state index contributed by atoms with van der Waals surface area (Å²) < 4.78 is 0. The molecular weight excluding hydrogens is 361 g/mol. The average Bonchev–Trinajstić information content (AvgIpc) is 2.63. The highest BCUT2D eigenvalue weighted by Crippen LogP contribution is 2.29. The molecule has 1 aliphatic heterocycles. The van der Waals surface area contributed by atoms with Crippen LogP contribution in [0.15, 0.2) is 36.8 Å². The number of carbonyl (C=O) groups excluding carboxylic acids is 1. The van der Waals surface area contributed by atoms with Crippen LogP contribution in [0.2, 0.25) is 10.0 Å². The second-order valence-corrected chi connectivity index (χ2v) is 6.18. The van der Waals surface area contributed by atoms with E-state index in [4.69, 9.17) is 28.6 Å². The number of nitrogens with one attached hydrogen (secondary N) is 2. The zero-order chi connectivity index (χ0) is 17.8.